The van der Waals surface area contributed by atoms with Gasteiger partial charge in [0.25, 0.3) is 0 Å². The van der Waals surface area contributed by atoms with Gasteiger partial charge in [-0.15, -0.1) is 0 Å². The number of rotatable bonds is 5. The molecule has 2 rings (SSSR count). The largest absolute Gasteiger partial charge is 0.344 e. The lowest BCUT2D eigenvalue weighted by molar-refractivity contribution is -0.133. The number of likely N-dealkylation sites (N-methyl/N-ethyl adjacent to an activating group) is 1. The summed E-state index contributed by atoms with van der Waals surface area (Å²) < 4.78 is 1.04. The second-order valence-corrected chi connectivity index (χ2v) is 7.53. The van der Waals surface area contributed by atoms with E-state index in [1.807, 2.05) is 24.1 Å². The van der Waals surface area contributed by atoms with E-state index < -0.39 is 0 Å². The van der Waals surface area contributed by atoms with Crippen molar-refractivity contribution in [1.82, 2.24) is 4.90 Å². The molecule has 0 spiro atoms. The van der Waals surface area contributed by atoms with Crippen molar-refractivity contribution in [3.63, 3.8) is 0 Å². The van der Waals surface area contributed by atoms with Crippen LogP contribution in [0.15, 0.2) is 28.7 Å². The summed E-state index contributed by atoms with van der Waals surface area (Å²) in [6, 6.07) is 8.12. The molecule has 1 fully saturated rings. The normalized spacial score (nSPS) is 16.9. The van der Waals surface area contributed by atoms with Gasteiger partial charge in [-0.05, 0) is 42.5 Å². The van der Waals surface area contributed by atoms with E-state index >= 15 is 0 Å². The van der Waals surface area contributed by atoms with E-state index in [2.05, 4.69) is 41.9 Å². The predicted molar refractivity (Wildman–Crippen MR) is 85.5 cm³/mol. The van der Waals surface area contributed by atoms with Gasteiger partial charge in [-0.1, -0.05) is 41.9 Å². The fourth-order valence-electron chi connectivity index (χ4n) is 2.66. The first kappa shape index (κ1) is 15.5. The van der Waals surface area contributed by atoms with Gasteiger partial charge in [-0.25, -0.2) is 0 Å². The molecule has 1 aliphatic rings. The Kier molecular flexibility index (Phi) is 4.26. The molecule has 1 aromatic rings. The molecule has 1 aromatic carbocycles. The number of nitrogens with zero attached hydrogens (tertiary/aromatic N) is 1. The lowest BCUT2D eigenvalue weighted by Crippen LogP contribution is -2.44. The summed E-state index contributed by atoms with van der Waals surface area (Å²) in [5.74, 6) is 0.223. The van der Waals surface area contributed by atoms with Crippen LogP contribution in [0.25, 0.3) is 0 Å². The smallest absolute Gasteiger partial charge is 0.232 e. The molecular weight excluding hydrogens is 316 g/mol. The van der Waals surface area contributed by atoms with Gasteiger partial charge in [0.15, 0.2) is 0 Å². The van der Waals surface area contributed by atoms with Crippen molar-refractivity contribution in [2.24, 2.45) is 11.1 Å². The van der Waals surface area contributed by atoms with Crippen LogP contribution in [0.5, 0.6) is 0 Å². The summed E-state index contributed by atoms with van der Waals surface area (Å²) in [5.41, 5.74) is 6.56. The quantitative estimate of drug-likeness (QED) is 0.897. The van der Waals surface area contributed by atoms with Crippen LogP contribution >= 0.6 is 15.9 Å². The highest BCUT2D eigenvalue weighted by atomic mass is 79.9. The van der Waals surface area contributed by atoms with Crippen LogP contribution in [0.3, 0.4) is 0 Å². The van der Waals surface area contributed by atoms with Crippen LogP contribution in [-0.2, 0) is 10.2 Å². The Labute approximate surface area is 129 Å². The molecule has 1 saturated carbocycles. The molecule has 0 saturated heterocycles. The third-order valence-corrected chi connectivity index (χ3v) is 4.65. The SMILES string of the molecule is CN(CC(C)(C)CN)C(=O)C1(c2ccc(Br)cc2)CC1. The average Bonchev–Trinajstić information content (AvgIpc) is 3.19. The van der Waals surface area contributed by atoms with E-state index in [4.69, 9.17) is 5.73 Å². The monoisotopic (exact) mass is 338 g/mol. The van der Waals surface area contributed by atoms with Crippen LogP contribution in [0, 0.1) is 5.41 Å². The van der Waals surface area contributed by atoms with Crippen molar-refractivity contribution >= 4 is 21.8 Å². The first-order valence-corrected chi connectivity index (χ1v) is 7.82. The van der Waals surface area contributed by atoms with Crippen molar-refractivity contribution < 1.29 is 4.79 Å². The molecule has 110 valence electrons. The van der Waals surface area contributed by atoms with Gasteiger partial charge in [0.1, 0.15) is 0 Å². The number of carbonyl (C=O) groups is 1. The predicted octanol–water partition coefficient (Wildman–Crippen LogP) is 2.92. The van der Waals surface area contributed by atoms with Crippen molar-refractivity contribution in [2.45, 2.75) is 32.1 Å². The van der Waals surface area contributed by atoms with Gasteiger partial charge in [0, 0.05) is 18.1 Å². The summed E-state index contributed by atoms with van der Waals surface area (Å²) >= 11 is 3.44. The summed E-state index contributed by atoms with van der Waals surface area (Å²) in [6.07, 6.45) is 1.89. The van der Waals surface area contributed by atoms with Crippen molar-refractivity contribution in [2.75, 3.05) is 20.1 Å². The van der Waals surface area contributed by atoms with Crippen LogP contribution in [-0.4, -0.2) is 30.9 Å². The van der Waals surface area contributed by atoms with Gasteiger partial charge in [0.05, 0.1) is 5.41 Å². The minimum absolute atomic E-state index is 0.0415. The average molecular weight is 339 g/mol. The molecule has 20 heavy (non-hydrogen) atoms. The Morgan fingerprint density at radius 3 is 2.35 bits per heavy atom. The zero-order valence-corrected chi connectivity index (χ0v) is 14.0. The minimum Gasteiger partial charge on any atom is -0.344 e. The highest BCUT2D eigenvalue weighted by Gasteiger charge is 2.52. The van der Waals surface area contributed by atoms with Crippen LogP contribution in [0.1, 0.15) is 32.3 Å². The zero-order valence-electron chi connectivity index (χ0n) is 12.4. The maximum Gasteiger partial charge on any atom is 0.232 e. The lowest BCUT2D eigenvalue weighted by atomic mass is 9.90. The van der Waals surface area contributed by atoms with E-state index in [0.29, 0.717) is 13.1 Å². The fourth-order valence-corrected chi connectivity index (χ4v) is 2.93. The second-order valence-electron chi connectivity index (χ2n) is 6.62. The standard InChI is InChI=1S/C16H23BrN2O/c1-15(2,10-18)11-19(3)14(20)16(8-9-16)12-4-6-13(17)7-5-12/h4-7H,8-11,18H2,1-3H3. The third-order valence-electron chi connectivity index (χ3n) is 4.12. The Bertz CT molecular complexity index is 492. The number of nitrogens with two attached hydrogens (primary N) is 1. The van der Waals surface area contributed by atoms with Gasteiger partial charge < -0.3 is 10.6 Å². The summed E-state index contributed by atoms with van der Waals surface area (Å²) in [6.45, 7) is 5.46. The molecule has 0 aromatic heterocycles. The van der Waals surface area contributed by atoms with E-state index in [1.165, 1.54) is 0 Å². The highest BCUT2D eigenvalue weighted by Crippen LogP contribution is 2.49. The molecule has 2 N–H and O–H groups in total. The second kappa shape index (κ2) is 5.49. The van der Waals surface area contributed by atoms with E-state index in [0.717, 1.165) is 22.9 Å². The maximum atomic E-state index is 12.8. The minimum atomic E-state index is -0.292. The summed E-state index contributed by atoms with van der Waals surface area (Å²) in [4.78, 5) is 14.6. The van der Waals surface area contributed by atoms with Crippen LogP contribution in [0.4, 0.5) is 0 Å². The van der Waals surface area contributed by atoms with Gasteiger partial charge in [0.2, 0.25) is 5.91 Å². The fraction of sp³-hybridized carbons (Fsp3) is 0.562. The Hall–Kier alpha value is -0.870. The van der Waals surface area contributed by atoms with E-state index in [-0.39, 0.29) is 16.7 Å². The first-order chi connectivity index (χ1) is 9.31. The summed E-state index contributed by atoms with van der Waals surface area (Å²) in [7, 11) is 1.89. The van der Waals surface area contributed by atoms with Crippen molar-refractivity contribution in [3.05, 3.63) is 34.3 Å². The van der Waals surface area contributed by atoms with Crippen molar-refractivity contribution in [3.8, 4) is 0 Å². The van der Waals surface area contributed by atoms with Gasteiger partial charge in [-0.3, -0.25) is 4.79 Å². The molecule has 0 heterocycles. The van der Waals surface area contributed by atoms with E-state index in [9.17, 15) is 4.79 Å². The number of amides is 1. The van der Waals surface area contributed by atoms with Gasteiger partial charge in [-0.2, -0.15) is 0 Å². The lowest BCUT2D eigenvalue weighted by Gasteiger charge is -2.31. The molecule has 1 amide bonds. The maximum absolute atomic E-state index is 12.8. The van der Waals surface area contributed by atoms with Crippen LogP contribution in [0.2, 0.25) is 0 Å². The summed E-state index contributed by atoms with van der Waals surface area (Å²) in [5, 5.41) is 0. The Balaban J connectivity index is 2.14. The number of carbonyl (C=O) groups excluding carboxylic acids is 1. The topological polar surface area (TPSA) is 46.3 Å². The molecule has 4 heteroatoms. The Morgan fingerprint density at radius 1 is 1.35 bits per heavy atom. The number of halogens is 1. The Morgan fingerprint density at radius 2 is 1.90 bits per heavy atom. The number of benzene rings is 1. The molecule has 0 atom stereocenters. The molecule has 0 aliphatic heterocycles. The molecule has 0 bridgehead atoms. The molecular formula is C16H23BrN2O. The highest BCUT2D eigenvalue weighted by molar-refractivity contribution is 9.10. The molecule has 0 unspecified atom stereocenters. The molecule has 1 aliphatic carbocycles. The molecule has 3 nitrogen and oxygen atoms in total. The zero-order chi connectivity index (χ0) is 15.0. The van der Waals surface area contributed by atoms with E-state index in [1.54, 1.807) is 0 Å². The van der Waals surface area contributed by atoms with Crippen molar-refractivity contribution in [1.29, 1.82) is 0 Å². The first-order valence-electron chi connectivity index (χ1n) is 7.02. The third kappa shape index (κ3) is 3.07. The van der Waals surface area contributed by atoms with Crippen LogP contribution < -0.4 is 5.73 Å². The molecule has 0 radical (unpaired) electrons. The number of hydrogen-bond donors (Lipinski definition) is 1. The number of hydrogen-bond acceptors (Lipinski definition) is 2. The van der Waals surface area contributed by atoms with Gasteiger partial charge >= 0.3 is 0 Å².